The first kappa shape index (κ1) is 7.94. The zero-order chi connectivity index (χ0) is 8.27. The van der Waals surface area contributed by atoms with E-state index in [1.807, 2.05) is 13.2 Å². The van der Waals surface area contributed by atoms with Crippen molar-refractivity contribution in [2.75, 3.05) is 6.54 Å². The molecule has 0 fully saturated rings. The van der Waals surface area contributed by atoms with Gasteiger partial charge in [0.2, 0.25) is 0 Å². The summed E-state index contributed by atoms with van der Waals surface area (Å²) in [6.45, 7) is 4.44. The van der Waals surface area contributed by atoms with Gasteiger partial charge in [-0.15, -0.1) is 5.10 Å². The molecule has 0 amide bonds. The Morgan fingerprint density at radius 1 is 1.82 bits per heavy atom. The van der Waals surface area contributed by atoms with Gasteiger partial charge in [0.25, 0.3) is 0 Å². The summed E-state index contributed by atoms with van der Waals surface area (Å²) in [5, 5.41) is 7.68. The second-order valence-electron chi connectivity index (χ2n) is 2.42. The lowest BCUT2D eigenvalue weighted by atomic mass is 10.2. The molecule has 1 aromatic rings. The van der Waals surface area contributed by atoms with Crippen molar-refractivity contribution in [2.24, 2.45) is 12.8 Å². The van der Waals surface area contributed by atoms with Crippen LogP contribution in [0, 0.1) is 0 Å². The highest BCUT2D eigenvalue weighted by Crippen LogP contribution is 2.10. The van der Waals surface area contributed by atoms with E-state index in [0.29, 0.717) is 6.54 Å². The molecule has 0 radical (unpaired) electrons. The normalized spacial score (nSPS) is 10.0. The summed E-state index contributed by atoms with van der Waals surface area (Å²) in [4.78, 5) is 0. The van der Waals surface area contributed by atoms with Crippen LogP contribution in [0.2, 0.25) is 0 Å². The van der Waals surface area contributed by atoms with Crippen molar-refractivity contribution in [3.05, 3.63) is 18.5 Å². The zero-order valence-corrected chi connectivity index (χ0v) is 6.62. The fraction of sp³-hybridized carbons (Fsp3) is 0.429. The molecule has 0 atom stereocenters. The molecule has 0 bridgehead atoms. The van der Waals surface area contributed by atoms with E-state index in [2.05, 4.69) is 16.9 Å². The van der Waals surface area contributed by atoms with E-state index >= 15 is 0 Å². The van der Waals surface area contributed by atoms with Crippen LogP contribution >= 0.6 is 0 Å². The van der Waals surface area contributed by atoms with Crippen LogP contribution in [0.4, 0.5) is 0 Å². The first-order valence-corrected chi connectivity index (χ1v) is 3.48. The third kappa shape index (κ3) is 1.88. The maximum absolute atomic E-state index is 5.36. The van der Waals surface area contributed by atoms with Crippen LogP contribution in [-0.2, 0) is 7.05 Å². The number of hydrogen-bond acceptors (Lipinski definition) is 3. The molecule has 0 aliphatic carbocycles. The van der Waals surface area contributed by atoms with E-state index in [4.69, 9.17) is 5.73 Å². The van der Waals surface area contributed by atoms with Gasteiger partial charge in [0.05, 0.1) is 6.20 Å². The van der Waals surface area contributed by atoms with Crippen LogP contribution in [0.1, 0.15) is 12.1 Å². The molecule has 1 heterocycles. The van der Waals surface area contributed by atoms with Gasteiger partial charge in [-0.2, -0.15) is 0 Å². The summed E-state index contributed by atoms with van der Waals surface area (Å²) in [6, 6.07) is 0. The number of rotatable bonds is 3. The van der Waals surface area contributed by atoms with E-state index in [1.54, 1.807) is 4.68 Å². The van der Waals surface area contributed by atoms with Gasteiger partial charge in [-0.25, -0.2) is 0 Å². The highest BCUT2D eigenvalue weighted by molar-refractivity contribution is 5.58. The smallest absolute Gasteiger partial charge is 0.108 e. The third-order valence-corrected chi connectivity index (χ3v) is 1.41. The van der Waals surface area contributed by atoms with E-state index in [9.17, 15) is 0 Å². The lowest BCUT2D eigenvalue weighted by molar-refractivity contribution is 0.714. The zero-order valence-electron chi connectivity index (χ0n) is 6.62. The van der Waals surface area contributed by atoms with E-state index in [1.165, 1.54) is 0 Å². The van der Waals surface area contributed by atoms with Gasteiger partial charge in [-0.1, -0.05) is 11.8 Å². The lowest BCUT2D eigenvalue weighted by Gasteiger charge is -1.95. The highest BCUT2D eigenvalue weighted by Gasteiger charge is 2.00. The molecule has 60 valence electrons. The molecule has 1 aromatic heterocycles. The van der Waals surface area contributed by atoms with Crippen molar-refractivity contribution in [3.63, 3.8) is 0 Å². The summed E-state index contributed by atoms with van der Waals surface area (Å²) in [6.07, 6.45) is 2.61. The Labute approximate surface area is 65.7 Å². The standard InChI is InChI=1S/C7H12N4/c1-6(3-4-8)7-5-11(2)10-9-7/h5H,1,3-4,8H2,2H3. The van der Waals surface area contributed by atoms with Crippen molar-refractivity contribution in [1.82, 2.24) is 15.0 Å². The minimum atomic E-state index is 0.607. The average molecular weight is 152 g/mol. The second kappa shape index (κ2) is 3.30. The number of nitrogens with two attached hydrogens (primary N) is 1. The Balaban J connectivity index is 2.69. The lowest BCUT2D eigenvalue weighted by Crippen LogP contribution is -1.99. The van der Waals surface area contributed by atoms with Gasteiger partial charge < -0.3 is 5.73 Å². The monoisotopic (exact) mass is 152 g/mol. The summed E-state index contributed by atoms with van der Waals surface area (Å²) in [5.41, 5.74) is 7.13. The van der Waals surface area contributed by atoms with Crippen LogP contribution in [0.15, 0.2) is 12.8 Å². The van der Waals surface area contributed by atoms with Gasteiger partial charge >= 0.3 is 0 Å². The Hall–Kier alpha value is -1.16. The Morgan fingerprint density at radius 3 is 3.00 bits per heavy atom. The van der Waals surface area contributed by atoms with Gasteiger partial charge in [-0.05, 0) is 18.5 Å². The van der Waals surface area contributed by atoms with E-state index in [0.717, 1.165) is 17.7 Å². The van der Waals surface area contributed by atoms with Crippen LogP contribution < -0.4 is 5.73 Å². The summed E-state index contributed by atoms with van der Waals surface area (Å²) in [5.74, 6) is 0. The molecule has 0 aliphatic heterocycles. The summed E-state index contributed by atoms with van der Waals surface area (Å²) >= 11 is 0. The molecule has 1 rings (SSSR count). The maximum Gasteiger partial charge on any atom is 0.108 e. The van der Waals surface area contributed by atoms with E-state index in [-0.39, 0.29) is 0 Å². The average Bonchev–Trinajstić information content (AvgIpc) is 2.36. The van der Waals surface area contributed by atoms with Crippen molar-refractivity contribution < 1.29 is 0 Å². The third-order valence-electron chi connectivity index (χ3n) is 1.41. The van der Waals surface area contributed by atoms with Crippen LogP contribution in [0.5, 0.6) is 0 Å². The maximum atomic E-state index is 5.36. The number of aromatic nitrogens is 3. The fourth-order valence-electron chi connectivity index (χ4n) is 0.812. The molecule has 11 heavy (non-hydrogen) atoms. The van der Waals surface area contributed by atoms with Gasteiger partial charge in [0.1, 0.15) is 5.69 Å². The molecule has 2 N–H and O–H groups in total. The molecule has 0 saturated carbocycles. The molecular formula is C7H12N4. The number of aryl methyl sites for hydroxylation is 1. The van der Waals surface area contributed by atoms with Crippen LogP contribution in [-0.4, -0.2) is 21.5 Å². The molecule has 0 aliphatic rings. The quantitative estimate of drug-likeness (QED) is 0.672. The molecular weight excluding hydrogens is 140 g/mol. The Kier molecular flexibility index (Phi) is 2.38. The van der Waals surface area contributed by atoms with Gasteiger partial charge in [0, 0.05) is 7.05 Å². The Morgan fingerprint density at radius 2 is 2.55 bits per heavy atom. The minimum Gasteiger partial charge on any atom is -0.330 e. The molecule has 4 nitrogen and oxygen atoms in total. The fourth-order valence-corrected chi connectivity index (χ4v) is 0.812. The molecule has 0 aromatic carbocycles. The van der Waals surface area contributed by atoms with Crippen molar-refractivity contribution >= 4 is 5.57 Å². The van der Waals surface area contributed by atoms with Crippen LogP contribution in [0.3, 0.4) is 0 Å². The van der Waals surface area contributed by atoms with Gasteiger partial charge in [-0.3, -0.25) is 4.68 Å². The molecule has 0 unspecified atom stereocenters. The first-order chi connectivity index (χ1) is 5.24. The highest BCUT2D eigenvalue weighted by atomic mass is 15.4. The van der Waals surface area contributed by atoms with Crippen molar-refractivity contribution in [1.29, 1.82) is 0 Å². The van der Waals surface area contributed by atoms with Gasteiger partial charge in [0.15, 0.2) is 0 Å². The van der Waals surface area contributed by atoms with E-state index < -0.39 is 0 Å². The van der Waals surface area contributed by atoms with Crippen molar-refractivity contribution in [3.8, 4) is 0 Å². The van der Waals surface area contributed by atoms with Crippen LogP contribution in [0.25, 0.3) is 5.57 Å². The number of hydrogen-bond donors (Lipinski definition) is 1. The largest absolute Gasteiger partial charge is 0.330 e. The summed E-state index contributed by atoms with van der Waals surface area (Å²) in [7, 11) is 1.83. The van der Waals surface area contributed by atoms with Crippen molar-refractivity contribution in [2.45, 2.75) is 6.42 Å². The predicted octanol–water partition coefficient (Wildman–Crippen LogP) is 0.177. The minimum absolute atomic E-state index is 0.607. The molecule has 0 spiro atoms. The predicted molar refractivity (Wildman–Crippen MR) is 43.7 cm³/mol. The topological polar surface area (TPSA) is 56.7 Å². The Bertz CT molecular complexity index is 251. The number of nitrogens with zero attached hydrogens (tertiary/aromatic N) is 3. The molecule has 0 saturated heterocycles. The summed E-state index contributed by atoms with van der Waals surface area (Å²) < 4.78 is 1.65. The molecule has 4 heteroatoms. The SMILES string of the molecule is C=C(CCN)c1cn(C)nn1. The second-order valence-corrected chi connectivity index (χ2v) is 2.42. The first-order valence-electron chi connectivity index (χ1n) is 3.48.